The monoisotopic (exact) mass is 305 g/mol. The van der Waals surface area contributed by atoms with Crippen LogP contribution in [-0.2, 0) is 6.61 Å². The van der Waals surface area contributed by atoms with Gasteiger partial charge >= 0.3 is 0 Å². The summed E-state index contributed by atoms with van der Waals surface area (Å²) in [5, 5.41) is 19.6. The normalized spacial score (nSPS) is 11.4. The van der Waals surface area contributed by atoms with E-state index in [-0.39, 0.29) is 6.61 Å². The van der Waals surface area contributed by atoms with Crippen LogP contribution >= 0.6 is 0 Å². The van der Waals surface area contributed by atoms with E-state index in [1.54, 1.807) is 31.6 Å². The largest absolute Gasteiger partial charge is 0.497 e. The highest BCUT2D eigenvalue weighted by Crippen LogP contribution is 2.29. The van der Waals surface area contributed by atoms with Gasteiger partial charge in [0.2, 0.25) is 0 Å². The number of allylic oxidation sites excluding steroid dienone is 1. The van der Waals surface area contributed by atoms with E-state index in [0.29, 0.717) is 11.1 Å². The lowest BCUT2D eigenvalue weighted by atomic mass is 10.0. The smallest absolute Gasteiger partial charge is 0.119 e. The molecule has 0 spiro atoms. The Bertz CT molecular complexity index is 919. The molecule has 114 valence electrons. The molecule has 5 nitrogen and oxygen atoms in total. The predicted molar refractivity (Wildman–Crippen MR) is 88.5 cm³/mol. The Morgan fingerprint density at radius 3 is 3.00 bits per heavy atom. The molecule has 0 aliphatic rings. The van der Waals surface area contributed by atoms with Crippen LogP contribution in [0.5, 0.6) is 5.75 Å². The van der Waals surface area contributed by atoms with Crippen molar-refractivity contribution in [1.82, 2.24) is 9.97 Å². The Labute approximate surface area is 133 Å². The minimum atomic E-state index is -0.0825. The van der Waals surface area contributed by atoms with Crippen molar-refractivity contribution in [3.8, 4) is 11.8 Å². The zero-order valence-electron chi connectivity index (χ0n) is 12.6. The van der Waals surface area contributed by atoms with Gasteiger partial charge < -0.3 is 14.8 Å². The summed E-state index contributed by atoms with van der Waals surface area (Å²) in [6.07, 6.45) is 6.82. The van der Waals surface area contributed by atoms with Crippen LogP contribution in [0.2, 0.25) is 0 Å². The molecule has 0 unspecified atom stereocenters. The molecular formula is C18H15N3O2. The van der Waals surface area contributed by atoms with Gasteiger partial charge in [0.1, 0.15) is 5.75 Å². The van der Waals surface area contributed by atoms with E-state index in [1.165, 1.54) is 0 Å². The molecule has 0 saturated carbocycles. The van der Waals surface area contributed by atoms with Crippen LogP contribution in [0, 0.1) is 11.3 Å². The first-order valence-corrected chi connectivity index (χ1v) is 7.07. The number of pyridine rings is 1. The molecule has 0 atom stereocenters. The summed E-state index contributed by atoms with van der Waals surface area (Å²) in [5.41, 5.74) is 3.73. The summed E-state index contributed by atoms with van der Waals surface area (Å²) in [5.74, 6) is 0.736. The summed E-state index contributed by atoms with van der Waals surface area (Å²) in [4.78, 5) is 7.23. The fourth-order valence-electron chi connectivity index (χ4n) is 2.46. The Balaban J connectivity index is 2.10. The van der Waals surface area contributed by atoms with Gasteiger partial charge in [-0.2, -0.15) is 5.26 Å². The highest BCUT2D eigenvalue weighted by molar-refractivity contribution is 6.01. The number of fused-ring (bicyclic) bond motifs is 1. The molecule has 0 bridgehead atoms. The molecule has 0 saturated heterocycles. The van der Waals surface area contributed by atoms with E-state index in [0.717, 1.165) is 27.8 Å². The molecule has 23 heavy (non-hydrogen) atoms. The average Bonchev–Trinajstić information content (AvgIpc) is 3.02. The van der Waals surface area contributed by atoms with Crippen molar-refractivity contribution >= 4 is 22.6 Å². The Morgan fingerprint density at radius 1 is 1.39 bits per heavy atom. The number of nitrogens with one attached hydrogen (secondary N) is 1. The minimum Gasteiger partial charge on any atom is -0.497 e. The van der Waals surface area contributed by atoms with Gasteiger partial charge in [-0.3, -0.25) is 4.98 Å². The number of aliphatic hydroxyl groups is 1. The van der Waals surface area contributed by atoms with E-state index < -0.39 is 0 Å². The quantitative estimate of drug-likeness (QED) is 0.726. The van der Waals surface area contributed by atoms with Gasteiger partial charge in [0.15, 0.2) is 0 Å². The standard InChI is InChI=1S/C18H15N3O2/c1-23-15-2-3-18-16(6-15)17(10-21-18)14(7-19)5-12-4-13(11-22)9-20-8-12/h2-6,8-10,21-22H,11H2,1H3. The number of rotatable bonds is 4. The number of benzene rings is 1. The van der Waals surface area contributed by atoms with E-state index in [4.69, 9.17) is 4.74 Å². The van der Waals surface area contributed by atoms with Crippen LogP contribution in [0.3, 0.4) is 0 Å². The molecule has 0 aliphatic carbocycles. The molecule has 0 aliphatic heterocycles. The lowest BCUT2D eigenvalue weighted by molar-refractivity contribution is 0.281. The van der Waals surface area contributed by atoms with E-state index in [1.807, 2.05) is 24.4 Å². The minimum absolute atomic E-state index is 0.0825. The van der Waals surface area contributed by atoms with Crippen molar-refractivity contribution in [3.63, 3.8) is 0 Å². The van der Waals surface area contributed by atoms with Crippen molar-refractivity contribution < 1.29 is 9.84 Å². The van der Waals surface area contributed by atoms with Crippen LogP contribution in [0.25, 0.3) is 22.6 Å². The molecule has 3 aromatic rings. The zero-order chi connectivity index (χ0) is 16.2. The summed E-state index contributed by atoms with van der Waals surface area (Å²) >= 11 is 0. The Kier molecular flexibility index (Phi) is 4.09. The number of aromatic nitrogens is 2. The Hall–Kier alpha value is -3.10. The van der Waals surface area contributed by atoms with Crippen LogP contribution in [-0.4, -0.2) is 22.2 Å². The SMILES string of the molecule is COc1ccc2[nH]cc(C(C#N)=Cc3cncc(CO)c3)c2c1. The molecule has 2 N–H and O–H groups in total. The highest BCUT2D eigenvalue weighted by Gasteiger charge is 2.10. The predicted octanol–water partition coefficient (Wildman–Crippen LogP) is 3.13. The first-order chi connectivity index (χ1) is 11.2. The number of hydrogen-bond acceptors (Lipinski definition) is 4. The van der Waals surface area contributed by atoms with Crippen molar-refractivity contribution in [2.45, 2.75) is 6.61 Å². The fourth-order valence-corrected chi connectivity index (χ4v) is 2.46. The molecule has 5 heteroatoms. The van der Waals surface area contributed by atoms with Gasteiger partial charge in [0.25, 0.3) is 0 Å². The summed E-state index contributed by atoms with van der Waals surface area (Å²) < 4.78 is 5.25. The molecule has 2 heterocycles. The van der Waals surface area contributed by atoms with Crippen molar-refractivity contribution in [2.24, 2.45) is 0 Å². The molecular weight excluding hydrogens is 290 g/mol. The number of nitrogens with zero attached hydrogens (tertiary/aromatic N) is 2. The number of H-pyrrole nitrogens is 1. The molecule has 0 amide bonds. The summed E-state index contributed by atoms with van der Waals surface area (Å²) in [6, 6.07) is 9.72. The van der Waals surface area contributed by atoms with Crippen LogP contribution in [0.15, 0.2) is 42.9 Å². The first-order valence-electron chi connectivity index (χ1n) is 7.07. The van der Waals surface area contributed by atoms with Gasteiger partial charge in [0.05, 0.1) is 25.4 Å². The third-order valence-electron chi connectivity index (χ3n) is 3.61. The van der Waals surface area contributed by atoms with Crippen molar-refractivity contribution in [3.05, 3.63) is 59.5 Å². The highest BCUT2D eigenvalue weighted by atomic mass is 16.5. The lowest BCUT2D eigenvalue weighted by Gasteiger charge is -2.02. The summed E-state index contributed by atoms with van der Waals surface area (Å²) in [6.45, 7) is -0.0825. The molecule has 0 radical (unpaired) electrons. The third-order valence-corrected chi connectivity index (χ3v) is 3.61. The molecule has 3 rings (SSSR count). The number of hydrogen-bond donors (Lipinski definition) is 2. The zero-order valence-corrected chi connectivity index (χ0v) is 12.6. The maximum absolute atomic E-state index is 9.54. The maximum Gasteiger partial charge on any atom is 0.119 e. The second-order valence-corrected chi connectivity index (χ2v) is 5.07. The van der Waals surface area contributed by atoms with Gasteiger partial charge in [-0.15, -0.1) is 0 Å². The topological polar surface area (TPSA) is 81.9 Å². The second kappa shape index (κ2) is 6.34. The van der Waals surface area contributed by atoms with Gasteiger partial charge in [-0.25, -0.2) is 0 Å². The second-order valence-electron chi connectivity index (χ2n) is 5.07. The van der Waals surface area contributed by atoms with E-state index >= 15 is 0 Å². The number of nitriles is 1. The van der Waals surface area contributed by atoms with Crippen molar-refractivity contribution in [1.29, 1.82) is 5.26 Å². The molecule has 0 fully saturated rings. The van der Waals surface area contributed by atoms with E-state index in [2.05, 4.69) is 16.0 Å². The number of aromatic amines is 1. The van der Waals surface area contributed by atoms with Gasteiger partial charge in [-0.05, 0) is 41.5 Å². The lowest BCUT2D eigenvalue weighted by Crippen LogP contribution is -1.87. The van der Waals surface area contributed by atoms with Gasteiger partial charge in [-0.1, -0.05) is 0 Å². The van der Waals surface area contributed by atoms with Crippen LogP contribution in [0.4, 0.5) is 0 Å². The first kappa shape index (κ1) is 14.8. The average molecular weight is 305 g/mol. The number of aliphatic hydroxyl groups excluding tert-OH is 1. The van der Waals surface area contributed by atoms with Crippen LogP contribution in [0.1, 0.15) is 16.7 Å². The molecule has 2 aromatic heterocycles. The number of ether oxygens (including phenoxy) is 1. The van der Waals surface area contributed by atoms with Crippen LogP contribution < -0.4 is 4.74 Å². The maximum atomic E-state index is 9.54. The Morgan fingerprint density at radius 2 is 2.26 bits per heavy atom. The number of methoxy groups -OCH3 is 1. The van der Waals surface area contributed by atoms with Crippen molar-refractivity contribution in [2.75, 3.05) is 7.11 Å². The fraction of sp³-hybridized carbons (Fsp3) is 0.111. The third kappa shape index (κ3) is 2.93. The van der Waals surface area contributed by atoms with Gasteiger partial charge in [0, 0.05) is 35.1 Å². The summed E-state index contributed by atoms with van der Waals surface area (Å²) in [7, 11) is 1.61. The molecule has 1 aromatic carbocycles. The van der Waals surface area contributed by atoms with E-state index in [9.17, 15) is 10.4 Å².